The second kappa shape index (κ2) is 9.75. The molecule has 0 aliphatic heterocycles. The first-order valence-corrected chi connectivity index (χ1v) is 12.2. The molecule has 8 heteroatoms. The Balaban J connectivity index is 2.17. The third-order valence-corrected chi connectivity index (χ3v) is 7.42. The summed E-state index contributed by atoms with van der Waals surface area (Å²) in [5.41, 5.74) is 6.86. The lowest BCUT2D eigenvalue weighted by Gasteiger charge is -2.24. The van der Waals surface area contributed by atoms with Gasteiger partial charge in [-0.3, -0.25) is 9.59 Å². The number of nitrogens with two attached hydrogens (primary N) is 1. The molecule has 0 unspecified atom stereocenters. The molecular formula is C25H31N3O4S. The lowest BCUT2D eigenvalue weighted by molar-refractivity contribution is -0.129. The van der Waals surface area contributed by atoms with Crippen LogP contribution in [0, 0.1) is 16.7 Å². The molecule has 0 saturated heterocycles. The van der Waals surface area contributed by atoms with Gasteiger partial charge in [0.25, 0.3) is 0 Å². The van der Waals surface area contributed by atoms with Gasteiger partial charge in [-0.2, -0.15) is 5.26 Å². The fraction of sp³-hybridized carbons (Fsp3) is 0.400. The van der Waals surface area contributed by atoms with Crippen molar-refractivity contribution in [2.75, 3.05) is 5.75 Å². The van der Waals surface area contributed by atoms with Crippen LogP contribution in [0.3, 0.4) is 0 Å². The van der Waals surface area contributed by atoms with E-state index in [1.54, 1.807) is 18.2 Å². The second-order valence-electron chi connectivity index (χ2n) is 9.82. The first kappa shape index (κ1) is 26.1. The number of nitrogens with one attached hydrogen (secondary N) is 1. The normalized spacial score (nSPS) is 13.1. The number of sulfone groups is 1. The molecular weight excluding hydrogens is 438 g/mol. The van der Waals surface area contributed by atoms with Gasteiger partial charge >= 0.3 is 0 Å². The van der Waals surface area contributed by atoms with E-state index >= 15 is 0 Å². The third-order valence-electron chi connectivity index (χ3n) is 5.33. The van der Waals surface area contributed by atoms with Crippen LogP contribution in [0.15, 0.2) is 53.4 Å². The zero-order valence-corrected chi connectivity index (χ0v) is 20.5. The number of primary amides is 1. The van der Waals surface area contributed by atoms with Gasteiger partial charge in [-0.25, -0.2) is 8.42 Å². The number of benzene rings is 2. The number of hydrogen-bond donors (Lipinski definition) is 2. The molecule has 0 saturated carbocycles. The highest BCUT2D eigenvalue weighted by molar-refractivity contribution is 7.91. The molecule has 0 spiro atoms. The van der Waals surface area contributed by atoms with Gasteiger partial charge in [-0.1, -0.05) is 71.0 Å². The Morgan fingerprint density at radius 2 is 1.45 bits per heavy atom. The average Bonchev–Trinajstić information content (AvgIpc) is 2.71. The van der Waals surface area contributed by atoms with Crippen LogP contribution in [0.4, 0.5) is 0 Å². The van der Waals surface area contributed by atoms with Gasteiger partial charge in [0.05, 0.1) is 28.6 Å². The molecule has 0 radical (unpaired) electrons. The number of hydrogen-bond acceptors (Lipinski definition) is 5. The lowest BCUT2D eigenvalue weighted by Crippen LogP contribution is -2.46. The van der Waals surface area contributed by atoms with Gasteiger partial charge < -0.3 is 11.1 Å². The molecule has 0 bridgehead atoms. The maximum Gasteiger partial charge on any atom is 0.227 e. The summed E-state index contributed by atoms with van der Waals surface area (Å²) in [7, 11) is -3.79. The molecule has 2 amide bonds. The van der Waals surface area contributed by atoms with Crippen molar-refractivity contribution in [3.63, 3.8) is 0 Å². The van der Waals surface area contributed by atoms with Crippen molar-refractivity contribution in [3.05, 3.63) is 54.1 Å². The number of nitriles is 1. The van der Waals surface area contributed by atoms with Gasteiger partial charge in [-0.05, 0) is 34.2 Å². The molecule has 33 heavy (non-hydrogen) atoms. The van der Waals surface area contributed by atoms with Crippen molar-refractivity contribution in [1.82, 2.24) is 5.32 Å². The summed E-state index contributed by atoms with van der Waals surface area (Å²) in [5.74, 6) is -1.84. The molecule has 0 heterocycles. The van der Waals surface area contributed by atoms with Crippen molar-refractivity contribution in [3.8, 4) is 17.2 Å². The van der Waals surface area contributed by atoms with Crippen molar-refractivity contribution < 1.29 is 18.0 Å². The van der Waals surface area contributed by atoms with Crippen molar-refractivity contribution in [2.24, 2.45) is 11.1 Å². The van der Waals surface area contributed by atoms with E-state index < -0.39 is 38.9 Å². The molecule has 1 atom stereocenters. The smallest absolute Gasteiger partial charge is 0.227 e. The Bertz CT molecular complexity index is 1150. The summed E-state index contributed by atoms with van der Waals surface area (Å²) < 4.78 is 25.9. The fourth-order valence-electron chi connectivity index (χ4n) is 3.33. The molecule has 2 rings (SSSR count). The minimum atomic E-state index is -3.79. The highest BCUT2D eigenvalue weighted by Crippen LogP contribution is 2.28. The van der Waals surface area contributed by atoms with Gasteiger partial charge in [-0.15, -0.1) is 0 Å². The topological polar surface area (TPSA) is 130 Å². The minimum Gasteiger partial charge on any atom is -0.370 e. The van der Waals surface area contributed by atoms with Gasteiger partial charge in [0.1, 0.15) is 6.04 Å². The first-order valence-electron chi connectivity index (χ1n) is 10.6. The minimum absolute atomic E-state index is 0.0443. The van der Waals surface area contributed by atoms with Crippen LogP contribution in [-0.2, 0) is 24.8 Å². The van der Waals surface area contributed by atoms with E-state index in [4.69, 9.17) is 11.0 Å². The second-order valence-corrected chi connectivity index (χ2v) is 11.8. The average molecular weight is 470 g/mol. The molecule has 176 valence electrons. The van der Waals surface area contributed by atoms with Gasteiger partial charge in [0.15, 0.2) is 9.84 Å². The number of amides is 2. The number of rotatable bonds is 8. The molecule has 0 aromatic heterocycles. The zero-order valence-electron chi connectivity index (χ0n) is 19.7. The summed E-state index contributed by atoms with van der Waals surface area (Å²) >= 11 is 0. The molecule has 7 nitrogen and oxygen atoms in total. The maximum absolute atomic E-state index is 13.0. The predicted octanol–water partition coefficient (Wildman–Crippen LogP) is 3.33. The van der Waals surface area contributed by atoms with Crippen LogP contribution in [-0.4, -0.2) is 32.0 Å². The zero-order chi connectivity index (χ0) is 25.0. The molecule has 2 aromatic rings. The predicted molar refractivity (Wildman–Crippen MR) is 128 cm³/mol. The quantitative estimate of drug-likeness (QED) is 0.612. The van der Waals surface area contributed by atoms with Crippen LogP contribution < -0.4 is 11.1 Å². The van der Waals surface area contributed by atoms with E-state index in [0.29, 0.717) is 0 Å². The molecule has 3 N–H and O–H groups in total. The Morgan fingerprint density at radius 3 is 1.88 bits per heavy atom. The monoisotopic (exact) mass is 469 g/mol. The Morgan fingerprint density at radius 1 is 0.970 bits per heavy atom. The Hall–Kier alpha value is -3.18. The Labute approximate surface area is 195 Å². The highest BCUT2D eigenvalue weighted by atomic mass is 32.2. The summed E-state index contributed by atoms with van der Waals surface area (Å²) in [5, 5.41) is 11.5. The van der Waals surface area contributed by atoms with Crippen LogP contribution in [0.1, 0.15) is 46.6 Å². The van der Waals surface area contributed by atoms with E-state index in [0.717, 1.165) is 11.1 Å². The van der Waals surface area contributed by atoms with Crippen LogP contribution in [0.25, 0.3) is 11.1 Å². The number of nitrogens with zero attached hydrogens (tertiary/aromatic N) is 1. The van der Waals surface area contributed by atoms with E-state index in [1.165, 1.54) is 31.5 Å². The van der Waals surface area contributed by atoms with Gasteiger partial charge in [0, 0.05) is 0 Å². The number of carbonyl (C=O) groups excluding carboxylic acids is 2. The SMILES string of the molecule is CC(C)(CS(=O)(=O)c1ccc(-c2ccc(C(C)(C)C)cc2)cc1)C(=O)N[C@H](C#N)CC(N)=O. The Kier molecular flexibility index (Phi) is 7.71. The molecule has 2 aromatic carbocycles. The fourth-order valence-corrected chi connectivity index (χ4v) is 5.12. The largest absolute Gasteiger partial charge is 0.370 e. The third kappa shape index (κ3) is 6.90. The van der Waals surface area contributed by atoms with E-state index in [1.807, 2.05) is 12.1 Å². The van der Waals surface area contributed by atoms with E-state index in [2.05, 4.69) is 38.2 Å². The first-order chi connectivity index (χ1) is 15.2. The van der Waals surface area contributed by atoms with Crippen molar-refractivity contribution >= 4 is 21.7 Å². The van der Waals surface area contributed by atoms with Crippen molar-refractivity contribution in [2.45, 2.75) is 57.4 Å². The summed E-state index contributed by atoms with van der Waals surface area (Å²) in [6, 6.07) is 15.4. The summed E-state index contributed by atoms with van der Waals surface area (Å²) in [6.07, 6.45) is -0.344. The number of carbonyl (C=O) groups is 2. The standard InChI is InChI=1S/C25H31N3O4S/c1-24(2,3)19-10-6-17(7-11-19)18-8-12-21(13-9-18)33(31,32)16-25(4,5)23(30)28-20(15-26)14-22(27)29/h6-13,20H,14,16H2,1-5H3,(H2,27,29)(H,28,30)/t20-/m0/s1. The summed E-state index contributed by atoms with van der Waals surface area (Å²) in [4.78, 5) is 23.7. The van der Waals surface area contributed by atoms with Gasteiger partial charge in [0.2, 0.25) is 11.8 Å². The van der Waals surface area contributed by atoms with Crippen LogP contribution >= 0.6 is 0 Å². The molecule has 0 aliphatic carbocycles. The van der Waals surface area contributed by atoms with E-state index in [-0.39, 0.29) is 16.7 Å². The lowest BCUT2D eigenvalue weighted by atomic mass is 9.86. The van der Waals surface area contributed by atoms with E-state index in [9.17, 15) is 18.0 Å². The highest BCUT2D eigenvalue weighted by Gasteiger charge is 2.35. The molecule has 0 aliphatic rings. The molecule has 0 fully saturated rings. The maximum atomic E-state index is 13.0. The summed E-state index contributed by atoms with van der Waals surface area (Å²) in [6.45, 7) is 9.37. The van der Waals surface area contributed by atoms with Crippen molar-refractivity contribution in [1.29, 1.82) is 5.26 Å². The van der Waals surface area contributed by atoms with Crippen LogP contribution in [0.5, 0.6) is 0 Å². The van der Waals surface area contributed by atoms with Crippen LogP contribution in [0.2, 0.25) is 0 Å².